The van der Waals surface area contributed by atoms with Gasteiger partial charge in [-0.2, -0.15) is 0 Å². The zero-order valence-corrected chi connectivity index (χ0v) is 5.87. The van der Waals surface area contributed by atoms with Gasteiger partial charge in [-0.25, -0.2) is 4.79 Å². The predicted molar refractivity (Wildman–Crippen MR) is 40.2 cm³/mol. The highest BCUT2D eigenvalue weighted by atomic mass is 16.4. The molecule has 0 radical (unpaired) electrons. The minimum Gasteiger partial charge on any atom is -0.504 e. The van der Waals surface area contributed by atoms with E-state index < -0.39 is 5.76 Å². The second kappa shape index (κ2) is 2.04. The average molecular weight is 167 g/mol. The van der Waals surface area contributed by atoms with Crippen molar-refractivity contribution in [2.45, 2.75) is 0 Å². The maximum absolute atomic E-state index is 10.6. The van der Waals surface area contributed by atoms with Crippen LogP contribution in [0.3, 0.4) is 0 Å². The van der Waals surface area contributed by atoms with Crippen molar-refractivity contribution in [3.8, 4) is 11.5 Å². The monoisotopic (exact) mass is 167 g/mol. The lowest BCUT2D eigenvalue weighted by molar-refractivity contribution is 0.404. The Morgan fingerprint density at radius 1 is 1.25 bits per heavy atom. The van der Waals surface area contributed by atoms with Gasteiger partial charge in [0.15, 0.2) is 17.1 Å². The minimum absolute atomic E-state index is 0.218. The third-order valence-electron chi connectivity index (χ3n) is 1.52. The van der Waals surface area contributed by atoms with E-state index in [1.807, 2.05) is 0 Å². The van der Waals surface area contributed by atoms with Crippen LogP contribution in [0.25, 0.3) is 11.1 Å². The van der Waals surface area contributed by atoms with Crippen LogP contribution >= 0.6 is 0 Å². The van der Waals surface area contributed by atoms with E-state index in [4.69, 9.17) is 10.2 Å². The smallest absolute Gasteiger partial charge is 0.417 e. The Labute approximate surface area is 65.9 Å². The summed E-state index contributed by atoms with van der Waals surface area (Å²) in [6.07, 6.45) is 0. The molecule has 1 aromatic heterocycles. The molecule has 0 fully saturated rings. The Hall–Kier alpha value is -1.91. The zero-order valence-electron chi connectivity index (χ0n) is 5.87. The molecule has 0 saturated carbocycles. The highest BCUT2D eigenvalue weighted by molar-refractivity contribution is 5.76. The predicted octanol–water partition coefficient (Wildman–Crippen LogP) is 0.532. The number of nitrogens with one attached hydrogen (secondary N) is 1. The second-order valence-electron chi connectivity index (χ2n) is 2.35. The van der Waals surface area contributed by atoms with Crippen molar-refractivity contribution in [1.29, 1.82) is 0 Å². The molecule has 0 unspecified atom stereocenters. The highest BCUT2D eigenvalue weighted by Crippen LogP contribution is 2.28. The molecule has 0 aliphatic heterocycles. The Kier molecular flexibility index (Phi) is 1.15. The van der Waals surface area contributed by atoms with Gasteiger partial charge in [0.05, 0.1) is 5.52 Å². The number of hydrogen-bond acceptors (Lipinski definition) is 4. The quantitative estimate of drug-likeness (QED) is 0.499. The van der Waals surface area contributed by atoms with E-state index in [1.165, 1.54) is 12.1 Å². The fraction of sp³-hybridized carbons (Fsp3) is 0. The van der Waals surface area contributed by atoms with Crippen LogP contribution in [0, 0.1) is 0 Å². The van der Waals surface area contributed by atoms with Crippen molar-refractivity contribution in [2.75, 3.05) is 0 Å². The molecule has 0 aliphatic rings. The number of aromatic amines is 1. The number of aromatic hydroxyl groups is 2. The van der Waals surface area contributed by atoms with Crippen molar-refractivity contribution < 1.29 is 14.6 Å². The molecule has 0 saturated heterocycles. The molecule has 12 heavy (non-hydrogen) atoms. The van der Waals surface area contributed by atoms with Crippen LogP contribution in [0.4, 0.5) is 0 Å². The van der Waals surface area contributed by atoms with Gasteiger partial charge in [0.1, 0.15) is 0 Å². The molecule has 0 aliphatic carbocycles. The summed E-state index contributed by atoms with van der Waals surface area (Å²) in [7, 11) is 0. The van der Waals surface area contributed by atoms with Crippen molar-refractivity contribution in [3.05, 3.63) is 22.7 Å². The number of phenolic OH excluding ortho intramolecular Hbond substituents is 2. The number of aromatic nitrogens is 1. The van der Waals surface area contributed by atoms with E-state index in [9.17, 15) is 4.79 Å². The largest absolute Gasteiger partial charge is 0.504 e. The Morgan fingerprint density at radius 3 is 2.67 bits per heavy atom. The average Bonchev–Trinajstić information content (AvgIpc) is 2.30. The first kappa shape index (κ1) is 6.78. The van der Waals surface area contributed by atoms with Crippen LogP contribution in [-0.2, 0) is 0 Å². The first-order chi connectivity index (χ1) is 5.66. The first-order valence-corrected chi connectivity index (χ1v) is 3.21. The molecular formula is C7H5NO4. The fourth-order valence-electron chi connectivity index (χ4n) is 0.975. The molecule has 5 nitrogen and oxygen atoms in total. The number of H-pyrrole nitrogens is 1. The van der Waals surface area contributed by atoms with Crippen molar-refractivity contribution in [3.63, 3.8) is 0 Å². The molecule has 2 aromatic rings. The maximum Gasteiger partial charge on any atom is 0.417 e. The summed E-state index contributed by atoms with van der Waals surface area (Å²) in [6.45, 7) is 0. The number of fused-ring (bicyclic) bond motifs is 1. The SMILES string of the molecule is O=c1[nH]c2cc(O)c(O)cc2o1. The van der Waals surface area contributed by atoms with Crippen LogP contribution in [0.1, 0.15) is 0 Å². The van der Waals surface area contributed by atoms with Crippen molar-refractivity contribution in [2.24, 2.45) is 0 Å². The van der Waals surface area contributed by atoms with E-state index in [1.54, 1.807) is 0 Å². The van der Waals surface area contributed by atoms with Crippen LogP contribution in [0.15, 0.2) is 21.3 Å². The molecule has 2 rings (SSSR count). The summed E-state index contributed by atoms with van der Waals surface area (Å²) in [5, 5.41) is 18.0. The summed E-state index contributed by atoms with van der Waals surface area (Å²) < 4.78 is 4.62. The molecule has 0 bridgehead atoms. The number of hydrogen-bond donors (Lipinski definition) is 3. The van der Waals surface area contributed by atoms with Gasteiger partial charge in [-0.1, -0.05) is 0 Å². The fourth-order valence-corrected chi connectivity index (χ4v) is 0.975. The number of benzene rings is 1. The van der Waals surface area contributed by atoms with E-state index in [0.717, 1.165) is 0 Å². The van der Waals surface area contributed by atoms with Gasteiger partial charge >= 0.3 is 5.76 Å². The van der Waals surface area contributed by atoms with E-state index in [-0.39, 0.29) is 17.1 Å². The summed E-state index contributed by atoms with van der Waals surface area (Å²) in [5.41, 5.74) is 0.575. The molecule has 3 N–H and O–H groups in total. The summed E-state index contributed by atoms with van der Waals surface area (Å²) >= 11 is 0. The van der Waals surface area contributed by atoms with Gasteiger partial charge in [0.25, 0.3) is 0 Å². The Morgan fingerprint density at radius 2 is 1.92 bits per heavy atom. The molecule has 1 aromatic carbocycles. The van der Waals surface area contributed by atoms with Gasteiger partial charge in [0.2, 0.25) is 0 Å². The van der Waals surface area contributed by atoms with Gasteiger partial charge in [0, 0.05) is 12.1 Å². The van der Waals surface area contributed by atoms with E-state index in [2.05, 4.69) is 9.40 Å². The molecular weight excluding hydrogens is 162 g/mol. The van der Waals surface area contributed by atoms with Crippen LogP contribution in [0.2, 0.25) is 0 Å². The lowest BCUT2D eigenvalue weighted by atomic mass is 10.3. The summed E-state index contributed by atoms with van der Waals surface area (Å²) in [4.78, 5) is 13.0. The Balaban J connectivity index is 2.92. The lowest BCUT2D eigenvalue weighted by Gasteiger charge is -1.93. The summed E-state index contributed by atoms with van der Waals surface area (Å²) in [6, 6.07) is 2.39. The van der Waals surface area contributed by atoms with Gasteiger partial charge in [-0.3, -0.25) is 4.98 Å². The minimum atomic E-state index is -0.616. The molecule has 0 atom stereocenters. The van der Waals surface area contributed by atoms with Crippen molar-refractivity contribution in [1.82, 2.24) is 4.98 Å². The third kappa shape index (κ3) is 0.833. The highest BCUT2D eigenvalue weighted by Gasteiger charge is 2.05. The topological polar surface area (TPSA) is 86.5 Å². The Bertz CT molecular complexity index is 440. The number of rotatable bonds is 0. The summed E-state index contributed by atoms with van der Waals surface area (Å²) in [5.74, 6) is -1.22. The van der Waals surface area contributed by atoms with E-state index >= 15 is 0 Å². The zero-order chi connectivity index (χ0) is 8.72. The van der Waals surface area contributed by atoms with Crippen LogP contribution < -0.4 is 5.76 Å². The lowest BCUT2D eigenvalue weighted by Crippen LogP contribution is -1.92. The molecule has 0 amide bonds. The van der Waals surface area contributed by atoms with Crippen LogP contribution in [0.5, 0.6) is 11.5 Å². The number of oxazole rings is 1. The molecule has 0 spiro atoms. The van der Waals surface area contributed by atoms with Crippen LogP contribution in [-0.4, -0.2) is 15.2 Å². The first-order valence-electron chi connectivity index (χ1n) is 3.21. The van der Waals surface area contributed by atoms with Gasteiger partial charge in [-0.05, 0) is 0 Å². The second-order valence-corrected chi connectivity index (χ2v) is 2.35. The third-order valence-corrected chi connectivity index (χ3v) is 1.52. The van der Waals surface area contributed by atoms with Gasteiger partial charge < -0.3 is 14.6 Å². The van der Waals surface area contributed by atoms with E-state index in [0.29, 0.717) is 5.52 Å². The van der Waals surface area contributed by atoms with Crippen molar-refractivity contribution >= 4 is 11.1 Å². The number of phenols is 2. The molecule has 62 valence electrons. The molecule has 5 heteroatoms. The van der Waals surface area contributed by atoms with Gasteiger partial charge in [-0.15, -0.1) is 0 Å². The standard InChI is InChI=1S/C7H5NO4/c9-4-1-3-6(2-5(4)10)12-7(11)8-3/h1-2,9-10H,(H,8,11). The maximum atomic E-state index is 10.6. The molecule has 1 heterocycles. The normalized spacial score (nSPS) is 10.7.